The maximum absolute atomic E-state index is 2.64. The number of hydrogen-bond acceptors (Lipinski definition) is 0. The molecule has 3 rings (SSSR count). The van der Waals surface area contributed by atoms with Crippen molar-refractivity contribution in [1.29, 1.82) is 0 Å². The van der Waals surface area contributed by atoms with Crippen LogP contribution in [0, 0.1) is 35.5 Å². The Morgan fingerprint density at radius 3 is 1.81 bits per heavy atom. The maximum atomic E-state index is 2.64. The molecule has 0 aromatic carbocycles. The first-order valence-electron chi connectivity index (χ1n) is 12.5. The van der Waals surface area contributed by atoms with Crippen molar-refractivity contribution in [3.8, 4) is 0 Å². The first kappa shape index (κ1) is 20.5. The van der Waals surface area contributed by atoms with E-state index in [-0.39, 0.29) is 0 Å². The van der Waals surface area contributed by atoms with E-state index in [9.17, 15) is 0 Å². The highest BCUT2D eigenvalue weighted by molar-refractivity contribution is 5.01. The van der Waals surface area contributed by atoms with Gasteiger partial charge in [-0.3, -0.25) is 0 Å². The average Bonchev–Trinajstić information content (AvgIpc) is 2.70. The Morgan fingerprint density at radius 2 is 1.23 bits per heavy atom. The number of hydrogen-bond donors (Lipinski definition) is 0. The van der Waals surface area contributed by atoms with Crippen molar-refractivity contribution < 1.29 is 0 Å². The Hall–Kier alpha value is -0.260. The second-order valence-corrected chi connectivity index (χ2v) is 10.1. The summed E-state index contributed by atoms with van der Waals surface area (Å²) in [6.45, 7) is 4.67. The standard InChI is InChI=1S/C26H46/c1-3-5-6-8-22-11-15-24(16-12-22)26-19-17-25(18-20-26)23-13-9-21(7-4-2)10-14-23/h9,13,21-26H,3-8,10-12,14-20H2,1-2H3. The molecular weight excluding hydrogens is 312 g/mol. The van der Waals surface area contributed by atoms with Crippen LogP contribution in [-0.2, 0) is 0 Å². The van der Waals surface area contributed by atoms with Gasteiger partial charge in [-0.15, -0.1) is 0 Å². The number of unbranched alkanes of at least 4 members (excludes halogenated alkanes) is 2. The molecule has 3 aliphatic rings. The van der Waals surface area contributed by atoms with Gasteiger partial charge in [0.2, 0.25) is 0 Å². The van der Waals surface area contributed by atoms with E-state index in [1.807, 2.05) is 0 Å². The highest BCUT2D eigenvalue weighted by atomic mass is 14.4. The van der Waals surface area contributed by atoms with Gasteiger partial charge in [0.1, 0.15) is 0 Å². The van der Waals surface area contributed by atoms with Crippen molar-refractivity contribution >= 4 is 0 Å². The fraction of sp³-hybridized carbons (Fsp3) is 0.923. The van der Waals surface area contributed by atoms with E-state index in [0.717, 1.165) is 35.5 Å². The minimum Gasteiger partial charge on any atom is -0.0851 e. The lowest BCUT2D eigenvalue weighted by atomic mass is 9.66. The molecule has 2 fully saturated rings. The summed E-state index contributed by atoms with van der Waals surface area (Å²) in [6, 6.07) is 0. The molecule has 0 radical (unpaired) electrons. The minimum atomic E-state index is 0.903. The number of allylic oxidation sites excluding steroid dienone is 2. The summed E-state index contributed by atoms with van der Waals surface area (Å²) in [7, 11) is 0. The average molecular weight is 359 g/mol. The van der Waals surface area contributed by atoms with Gasteiger partial charge in [-0.1, -0.05) is 70.9 Å². The van der Waals surface area contributed by atoms with Gasteiger partial charge >= 0.3 is 0 Å². The van der Waals surface area contributed by atoms with E-state index in [2.05, 4.69) is 26.0 Å². The molecule has 0 aliphatic heterocycles. The second kappa shape index (κ2) is 10.9. The quantitative estimate of drug-likeness (QED) is 0.301. The van der Waals surface area contributed by atoms with Gasteiger partial charge in [0, 0.05) is 0 Å². The van der Waals surface area contributed by atoms with Gasteiger partial charge in [0.25, 0.3) is 0 Å². The van der Waals surface area contributed by atoms with Gasteiger partial charge in [-0.2, -0.15) is 0 Å². The molecule has 0 heteroatoms. The van der Waals surface area contributed by atoms with Crippen LogP contribution in [-0.4, -0.2) is 0 Å². The van der Waals surface area contributed by atoms with Gasteiger partial charge in [-0.05, 0) is 93.3 Å². The summed E-state index contributed by atoms with van der Waals surface area (Å²) in [5, 5.41) is 0. The predicted octanol–water partition coefficient (Wildman–Crippen LogP) is 8.56. The predicted molar refractivity (Wildman–Crippen MR) is 115 cm³/mol. The Kier molecular flexibility index (Phi) is 8.60. The van der Waals surface area contributed by atoms with Crippen molar-refractivity contribution in [2.24, 2.45) is 35.5 Å². The molecule has 0 bridgehead atoms. The molecule has 2 unspecified atom stereocenters. The molecule has 0 nitrogen and oxygen atoms in total. The van der Waals surface area contributed by atoms with E-state index < -0.39 is 0 Å². The van der Waals surface area contributed by atoms with Gasteiger partial charge in [-0.25, -0.2) is 0 Å². The topological polar surface area (TPSA) is 0 Å². The third-order valence-corrected chi connectivity index (χ3v) is 8.36. The summed E-state index contributed by atoms with van der Waals surface area (Å²) < 4.78 is 0. The molecule has 0 aromatic heterocycles. The summed E-state index contributed by atoms with van der Waals surface area (Å²) in [5.41, 5.74) is 0. The summed E-state index contributed by atoms with van der Waals surface area (Å²) in [4.78, 5) is 0. The smallest absolute Gasteiger partial charge is 0.0205 e. The molecule has 0 N–H and O–H groups in total. The highest BCUT2D eigenvalue weighted by Gasteiger charge is 2.33. The SMILES string of the molecule is CCCCCC1CCC(C2CCC(C3C=CC(CCC)CC3)CC2)CC1. The first-order valence-corrected chi connectivity index (χ1v) is 12.5. The molecule has 0 spiro atoms. The summed E-state index contributed by atoms with van der Waals surface area (Å²) in [6.07, 6.45) is 29.2. The zero-order valence-electron chi connectivity index (χ0n) is 17.9. The largest absolute Gasteiger partial charge is 0.0851 e. The van der Waals surface area contributed by atoms with Gasteiger partial charge in [0.05, 0.1) is 0 Å². The molecule has 3 aliphatic carbocycles. The van der Waals surface area contributed by atoms with Crippen molar-refractivity contribution in [2.45, 2.75) is 117 Å². The molecule has 2 saturated carbocycles. The van der Waals surface area contributed by atoms with Crippen molar-refractivity contribution in [2.75, 3.05) is 0 Å². The van der Waals surface area contributed by atoms with Crippen LogP contribution in [0.2, 0.25) is 0 Å². The van der Waals surface area contributed by atoms with Crippen LogP contribution < -0.4 is 0 Å². The maximum Gasteiger partial charge on any atom is -0.0205 e. The monoisotopic (exact) mass is 358 g/mol. The zero-order valence-corrected chi connectivity index (χ0v) is 17.9. The van der Waals surface area contributed by atoms with Crippen molar-refractivity contribution in [3.05, 3.63) is 12.2 Å². The highest BCUT2D eigenvalue weighted by Crippen LogP contribution is 2.45. The van der Waals surface area contributed by atoms with E-state index >= 15 is 0 Å². The molecule has 0 saturated heterocycles. The summed E-state index contributed by atoms with van der Waals surface area (Å²) in [5.74, 6) is 6.11. The van der Waals surface area contributed by atoms with Crippen LogP contribution in [0.5, 0.6) is 0 Å². The zero-order chi connectivity index (χ0) is 18.2. The molecule has 0 heterocycles. The van der Waals surface area contributed by atoms with Crippen molar-refractivity contribution in [3.63, 3.8) is 0 Å². The van der Waals surface area contributed by atoms with E-state index in [0.29, 0.717) is 0 Å². The molecule has 2 atom stereocenters. The fourth-order valence-electron chi connectivity index (χ4n) is 6.58. The summed E-state index contributed by atoms with van der Waals surface area (Å²) >= 11 is 0. The lowest BCUT2D eigenvalue weighted by Crippen LogP contribution is -2.28. The lowest BCUT2D eigenvalue weighted by Gasteiger charge is -2.40. The Bertz CT molecular complexity index is 392. The molecule has 26 heavy (non-hydrogen) atoms. The van der Waals surface area contributed by atoms with Crippen LogP contribution in [0.1, 0.15) is 117 Å². The van der Waals surface area contributed by atoms with E-state index in [4.69, 9.17) is 0 Å². The lowest BCUT2D eigenvalue weighted by molar-refractivity contribution is 0.127. The van der Waals surface area contributed by atoms with Crippen LogP contribution in [0.4, 0.5) is 0 Å². The molecular formula is C26H46. The van der Waals surface area contributed by atoms with E-state index in [1.54, 1.807) is 38.5 Å². The minimum absolute atomic E-state index is 0.903. The van der Waals surface area contributed by atoms with Gasteiger partial charge in [0.15, 0.2) is 0 Å². The van der Waals surface area contributed by atoms with E-state index in [1.165, 1.54) is 64.2 Å². The van der Waals surface area contributed by atoms with Crippen molar-refractivity contribution in [1.82, 2.24) is 0 Å². The Balaban J connectivity index is 1.35. The van der Waals surface area contributed by atoms with Crippen LogP contribution in [0.3, 0.4) is 0 Å². The van der Waals surface area contributed by atoms with Crippen LogP contribution in [0.15, 0.2) is 12.2 Å². The number of rotatable bonds is 8. The fourth-order valence-corrected chi connectivity index (χ4v) is 6.58. The third kappa shape index (κ3) is 5.87. The molecule has 150 valence electrons. The molecule has 0 amide bonds. The Morgan fingerprint density at radius 1 is 0.577 bits per heavy atom. The van der Waals surface area contributed by atoms with Crippen LogP contribution >= 0.6 is 0 Å². The van der Waals surface area contributed by atoms with Gasteiger partial charge < -0.3 is 0 Å². The second-order valence-electron chi connectivity index (χ2n) is 10.1. The Labute approximate surface area is 164 Å². The third-order valence-electron chi connectivity index (χ3n) is 8.36. The normalized spacial score (nSPS) is 38.4. The first-order chi connectivity index (χ1) is 12.8. The van der Waals surface area contributed by atoms with Crippen LogP contribution in [0.25, 0.3) is 0 Å². The molecule has 0 aromatic rings.